The fourth-order valence-corrected chi connectivity index (χ4v) is 2.49. The van der Waals surface area contributed by atoms with Gasteiger partial charge in [0.05, 0.1) is 16.3 Å². The summed E-state index contributed by atoms with van der Waals surface area (Å²) in [6, 6.07) is 8.36. The summed E-state index contributed by atoms with van der Waals surface area (Å²) in [5.41, 5.74) is 1.74. The lowest BCUT2D eigenvalue weighted by molar-refractivity contribution is 0.682. The molecule has 15 heavy (non-hydrogen) atoms. The van der Waals surface area contributed by atoms with Gasteiger partial charge in [0.15, 0.2) is 0 Å². The minimum absolute atomic E-state index is 0.490. The van der Waals surface area contributed by atoms with Crippen LogP contribution in [-0.2, 0) is 5.41 Å². The second-order valence-electron chi connectivity index (χ2n) is 4.18. The van der Waals surface area contributed by atoms with Gasteiger partial charge in [-0.1, -0.05) is 12.1 Å². The number of thiazole rings is 1. The number of aryl methyl sites for hydroxylation is 1. The Morgan fingerprint density at radius 2 is 2.13 bits per heavy atom. The van der Waals surface area contributed by atoms with Crippen molar-refractivity contribution in [3.63, 3.8) is 0 Å². The molecule has 0 amide bonds. The molecule has 0 saturated heterocycles. The molecule has 0 fully saturated rings. The van der Waals surface area contributed by atoms with Crippen LogP contribution in [0.1, 0.15) is 24.4 Å². The van der Waals surface area contributed by atoms with Crippen molar-refractivity contribution < 1.29 is 0 Å². The van der Waals surface area contributed by atoms with Gasteiger partial charge in [0.1, 0.15) is 10.4 Å². The number of nitrogens with zero attached hydrogens (tertiary/aromatic N) is 2. The number of aromatic nitrogens is 1. The minimum atomic E-state index is -0.490. The predicted molar refractivity (Wildman–Crippen MR) is 63.0 cm³/mol. The SMILES string of the molecule is Cc1cccc2nc(C(C)(C)C#N)sc12. The van der Waals surface area contributed by atoms with Crippen LogP contribution in [0, 0.1) is 18.3 Å². The summed E-state index contributed by atoms with van der Waals surface area (Å²) in [5.74, 6) is 0. The number of fused-ring (bicyclic) bond motifs is 1. The van der Waals surface area contributed by atoms with Crippen LogP contribution in [-0.4, -0.2) is 4.98 Å². The van der Waals surface area contributed by atoms with E-state index in [0.717, 1.165) is 10.5 Å². The summed E-state index contributed by atoms with van der Waals surface area (Å²) >= 11 is 1.62. The Morgan fingerprint density at radius 3 is 2.73 bits per heavy atom. The van der Waals surface area contributed by atoms with Crippen molar-refractivity contribution >= 4 is 21.6 Å². The van der Waals surface area contributed by atoms with Crippen molar-refractivity contribution in [2.75, 3.05) is 0 Å². The molecular formula is C12H12N2S. The summed E-state index contributed by atoms with van der Waals surface area (Å²) < 4.78 is 1.19. The van der Waals surface area contributed by atoms with E-state index in [9.17, 15) is 0 Å². The molecule has 1 aromatic carbocycles. The first-order chi connectivity index (χ1) is 7.04. The molecule has 0 bridgehead atoms. The number of rotatable bonds is 1. The second-order valence-corrected chi connectivity index (χ2v) is 5.18. The highest BCUT2D eigenvalue weighted by Crippen LogP contribution is 2.32. The first-order valence-corrected chi connectivity index (χ1v) is 5.64. The van der Waals surface area contributed by atoms with Crippen LogP contribution in [0.15, 0.2) is 18.2 Å². The third kappa shape index (κ3) is 1.62. The van der Waals surface area contributed by atoms with Gasteiger partial charge in [-0.25, -0.2) is 4.98 Å². The van der Waals surface area contributed by atoms with E-state index in [1.807, 2.05) is 26.0 Å². The van der Waals surface area contributed by atoms with Gasteiger partial charge in [0.25, 0.3) is 0 Å². The third-order valence-corrected chi connectivity index (χ3v) is 3.96. The summed E-state index contributed by atoms with van der Waals surface area (Å²) in [5, 5.41) is 9.96. The highest BCUT2D eigenvalue weighted by Gasteiger charge is 2.24. The number of benzene rings is 1. The Labute approximate surface area is 93.2 Å². The van der Waals surface area contributed by atoms with Crippen LogP contribution >= 0.6 is 11.3 Å². The van der Waals surface area contributed by atoms with E-state index >= 15 is 0 Å². The van der Waals surface area contributed by atoms with Gasteiger partial charge in [0.2, 0.25) is 0 Å². The maximum absolute atomic E-state index is 9.06. The highest BCUT2D eigenvalue weighted by molar-refractivity contribution is 7.18. The van der Waals surface area contributed by atoms with Gasteiger partial charge in [-0.05, 0) is 32.4 Å². The molecule has 0 aliphatic carbocycles. The molecule has 2 rings (SSSR count). The number of hydrogen-bond donors (Lipinski definition) is 0. The largest absolute Gasteiger partial charge is 0.239 e. The van der Waals surface area contributed by atoms with Crippen LogP contribution in [0.4, 0.5) is 0 Å². The lowest BCUT2D eigenvalue weighted by Crippen LogP contribution is -2.12. The zero-order valence-corrected chi connectivity index (χ0v) is 9.85. The first-order valence-electron chi connectivity index (χ1n) is 4.82. The molecule has 2 nitrogen and oxygen atoms in total. The van der Waals surface area contributed by atoms with Crippen LogP contribution in [0.5, 0.6) is 0 Å². The molecule has 0 unspecified atom stereocenters. The van der Waals surface area contributed by atoms with Crippen LogP contribution in [0.2, 0.25) is 0 Å². The molecule has 3 heteroatoms. The lowest BCUT2D eigenvalue weighted by atomic mass is 9.97. The normalized spacial score (nSPS) is 11.6. The smallest absolute Gasteiger partial charge is 0.114 e. The van der Waals surface area contributed by atoms with E-state index in [4.69, 9.17) is 5.26 Å². The lowest BCUT2D eigenvalue weighted by Gasteiger charge is -2.09. The monoisotopic (exact) mass is 216 g/mol. The Hall–Kier alpha value is -1.40. The fourth-order valence-electron chi connectivity index (χ4n) is 1.40. The van der Waals surface area contributed by atoms with Crippen molar-refractivity contribution in [1.82, 2.24) is 4.98 Å². The zero-order chi connectivity index (χ0) is 11.1. The molecule has 0 atom stereocenters. The number of nitriles is 1. The van der Waals surface area contributed by atoms with Gasteiger partial charge in [-0.15, -0.1) is 11.3 Å². The quantitative estimate of drug-likeness (QED) is 0.732. The standard InChI is InChI=1S/C12H12N2S/c1-8-5-4-6-9-10(8)15-11(14-9)12(2,3)7-13/h4-6H,1-3H3. The molecule has 1 heterocycles. The molecule has 0 N–H and O–H groups in total. The summed E-state index contributed by atoms with van der Waals surface area (Å²) in [7, 11) is 0. The molecule has 1 aromatic heterocycles. The summed E-state index contributed by atoms with van der Waals surface area (Å²) in [4.78, 5) is 4.51. The van der Waals surface area contributed by atoms with Crippen molar-refractivity contribution in [1.29, 1.82) is 5.26 Å². The zero-order valence-electron chi connectivity index (χ0n) is 9.03. The topological polar surface area (TPSA) is 36.7 Å². The van der Waals surface area contributed by atoms with E-state index in [1.54, 1.807) is 11.3 Å². The molecule has 0 aliphatic rings. The van der Waals surface area contributed by atoms with Crippen LogP contribution in [0.3, 0.4) is 0 Å². The molecule has 2 aromatic rings. The molecular weight excluding hydrogens is 204 g/mol. The average Bonchev–Trinajstić information content (AvgIpc) is 2.64. The van der Waals surface area contributed by atoms with Gasteiger partial charge < -0.3 is 0 Å². The average molecular weight is 216 g/mol. The van der Waals surface area contributed by atoms with Gasteiger partial charge in [0, 0.05) is 0 Å². The van der Waals surface area contributed by atoms with E-state index in [0.29, 0.717) is 0 Å². The van der Waals surface area contributed by atoms with Crippen molar-refractivity contribution in [2.24, 2.45) is 0 Å². The van der Waals surface area contributed by atoms with E-state index in [2.05, 4.69) is 24.0 Å². The third-order valence-electron chi connectivity index (χ3n) is 2.43. The van der Waals surface area contributed by atoms with E-state index in [1.165, 1.54) is 10.3 Å². The molecule has 0 radical (unpaired) electrons. The maximum atomic E-state index is 9.06. The number of hydrogen-bond acceptors (Lipinski definition) is 3. The van der Waals surface area contributed by atoms with Gasteiger partial charge in [-0.3, -0.25) is 0 Å². The van der Waals surface area contributed by atoms with Crippen LogP contribution in [0.25, 0.3) is 10.2 Å². The molecule has 0 spiro atoms. The van der Waals surface area contributed by atoms with Crippen LogP contribution < -0.4 is 0 Å². The molecule has 0 saturated carbocycles. The van der Waals surface area contributed by atoms with Gasteiger partial charge >= 0.3 is 0 Å². The Bertz CT molecular complexity index is 546. The van der Waals surface area contributed by atoms with Crippen molar-refractivity contribution in [3.8, 4) is 6.07 Å². The van der Waals surface area contributed by atoms with E-state index in [-0.39, 0.29) is 0 Å². The first kappa shape index (κ1) is 10.1. The van der Waals surface area contributed by atoms with Gasteiger partial charge in [-0.2, -0.15) is 5.26 Å². The Morgan fingerprint density at radius 1 is 1.40 bits per heavy atom. The fraction of sp³-hybridized carbons (Fsp3) is 0.333. The van der Waals surface area contributed by atoms with Crippen molar-refractivity contribution in [2.45, 2.75) is 26.2 Å². The minimum Gasteiger partial charge on any atom is -0.239 e. The molecule has 0 aliphatic heterocycles. The second kappa shape index (κ2) is 3.32. The Kier molecular flexibility index (Phi) is 2.24. The van der Waals surface area contributed by atoms with E-state index < -0.39 is 5.41 Å². The highest BCUT2D eigenvalue weighted by atomic mass is 32.1. The Balaban J connectivity index is 2.68. The predicted octanol–water partition coefficient (Wildman–Crippen LogP) is 3.41. The maximum Gasteiger partial charge on any atom is 0.114 e. The molecule has 76 valence electrons. The summed E-state index contributed by atoms with van der Waals surface area (Å²) in [6.45, 7) is 5.88. The summed E-state index contributed by atoms with van der Waals surface area (Å²) in [6.07, 6.45) is 0. The van der Waals surface area contributed by atoms with Crippen molar-refractivity contribution in [3.05, 3.63) is 28.8 Å².